The third-order valence-electron chi connectivity index (χ3n) is 5.68. The van der Waals surface area contributed by atoms with Crippen LogP contribution < -0.4 is 5.32 Å². The average molecular weight is 430 g/mol. The van der Waals surface area contributed by atoms with Crippen molar-refractivity contribution in [3.8, 4) is 11.1 Å². The Morgan fingerprint density at radius 3 is 2.16 bits per heavy atom. The number of ether oxygens (including phenoxy) is 3. The maximum Gasteiger partial charge on any atom is 0.407 e. The third-order valence-corrected chi connectivity index (χ3v) is 5.68. The molecule has 0 saturated heterocycles. The number of carbonyl (C=O) groups is 1. The number of hydrogen-bond donors (Lipinski definition) is 1. The number of methoxy groups -OCH3 is 2. The fraction of sp³-hybridized carbons (Fsp3) is 0.222. The normalized spacial score (nSPS) is 12.7. The van der Waals surface area contributed by atoms with Gasteiger partial charge < -0.3 is 19.5 Å². The van der Waals surface area contributed by atoms with E-state index in [1.165, 1.54) is 22.3 Å². The van der Waals surface area contributed by atoms with Gasteiger partial charge in [-0.25, -0.2) is 4.79 Å². The summed E-state index contributed by atoms with van der Waals surface area (Å²) in [5.41, 5.74) is 6.71. The van der Waals surface area contributed by atoms with Gasteiger partial charge in [0.1, 0.15) is 6.61 Å². The molecule has 0 spiro atoms. The molecule has 3 aromatic carbocycles. The fourth-order valence-corrected chi connectivity index (χ4v) is 4.21. The first-order valence-electron chi connectivity index (χ1n) is 10.6. The first-order chi connectivity index (χ1) is 15.7. The highest BCUT2D eigenvalue weighted by Crippen LogP contribution is 2.44. The molecule has 0 aliphatic heterocycles. The smallest absolute Gasteiger partial charge is 0.407 e. The maximum absolute atomic E-state index is 12.3. The minimum absolute atomic E-state index is 0.0515. The Hall–Kier alpha value is -3.41. The predicted molar refractivity (Wildman–Crippen MR) is 125 cm³/mol. The number of rotatable bonds is 8. The summed E-state index contributed by atoms with van der Waals surface area (Å²) in [6, 6.07) is 24.4. The minimum Gasteiger partial charge on any atom is -0.449 e. The molecule has 3 aromatic rings. The van der Waals surface area contributed by atoms with Crippen molar-refractivity contribution in [2.75, 3.05) is 27.4 Å². The summed E-state index contributed by atoms with van der Waals surface area (Å²) in [5.74, 6) is 0.0515. The summed E-state index contributed by atoms with van der Waals surface area (Å²) in [6.07, 6.45) is 2.94. The van der Waals surface area contributed by atoms with Gasteiger partial charge in [0, 0.05) is 32.2 Å². The maximum atomic E-state index is 12.3. The molecule has 0 saturated carbocycles. The third kappa shape index (κ3) is 4.59. The van der Waals surface area contributed by atoms with Crippen molar-refractivity contribution in [2.24, 2.45) is 0 Å². The van der Waals surface area contributed by atoms with Gasteiger partial charge in [-0.2, -0.15) is 0 Å². The average Bonchev–Trinajstić information content (AvgIpc) is 3.16. The molecule has 32 heavy (non-hydrogen) atoms. The Labute approximate surface area is 188 Å². The second kappa shape index (κ2) is 10.3. The van der Waals surface area contributed by atoms with Gasteiger partial charge in [-0.15, -0.1) is 0 Å². The lowest BCUT2D eigenvalue weighted by molar-refractivity contribution is -0.106. The molecule has 0 unspecified atom stereocenters. The van der Waals surface area contributed by atoms with E-state index in [2.05, 4.69) is 29.6 Å². The Morgan fingerprint density at radius 2 is 1.50 bits per heavy atom. The van der Waals surface area contributed by atoms with Gasteiger partial charge >= 0.3 is 6.09 Å². The van der Waals surface area contributed by atoms with E-state index in [1.54, 1.807) is 14.2 Å². The van der Waals surface area contributed by atoms with Gasteiger partial charge in [0.25, 0.3) is 0 Å². The van der Waals surface area contributed by atoms with Crippen LogP contribution in [0.3, 0.4) is 0 Å². The Balaban J connectivity index is 1.33. The Kier molecular flexibility index (Phi) is 7.00. The van der Waals surface area contributed by atoms with Crippen molar-refractivity contribution in [1.29, 1.82) is 0 Å². The van der Waals surface area contributed by atoms with Crippen LogP contribution in [0.1, 0.15) is 34.5 Å². The molecule has 1 aliphatic carbocycles. The molecule has 1 aliphatic rings. The number of alkyl carbamates (subject to hydrolysis) is 1. The lowest BCUT2D eigenvalue weighted by Gasteiger charge is -2.16. The summed E-state index contributed by atoms with van der Waals surface area (Å²) < 4.78 is 16.3. The largest absolute Gasteiger partial charge is 0.449 e. The molecule has 164 valence electrons. The Bertz CT molecular complexity index is 1060. The highest BCUT2D eigenvalue weighted by Gasteiger charge is 2.28. The fourth-order valence-electron chi connectivity index (χ4n) is 4.21. The second-order valence-corrected chi connectivity index (χ2v) is 7.54. The topological polar surface area (TPSA) is 56.8 Å². The van der Waals surface area contributed by atoms with Crippen molar-refractivity contribution < 1.29 is 19.0 Å². The number of fused-ring (bicyclic) bond motifs is 3. The summed E-state index contributed by atoms with van der Waals surface area (Å²) in [6.45, 7) is 0.658. The first-order valence-corrected chi connectivity index (χ1v) is 10.6. The van der Waals surface area contributed by atoms with Crippen molar-refractivity contribution in [3.05, 3.63) is 101 Å². The SMILES string of the molecule is COC(OC)c1ccccc1C=CCNC(=O)OCC1c2ccccc2-c2ccccc21. The lowest BCUT2D eigenvalue weighted by atomic mass is 9.98. The summed E-state index contributed by atoms with van der Waals surface area (Å²) >= 11 is 0. The molecule has 4 rings (SSSR count). The standard InChI is InChI=1S/C27H27NO4/c1-30-26(31-2)20-12-4-3-10-19(20)11-9-17-28-27(29)32-18-25-23-15-7-5-13-21(23)22-14-6-8-16-24(22)25/h3-16,25-26H,17-18H2,1-2H3,(H,28,29). The van der Waals surface area contributed by atoms with Crippen LogP contribution in [0.5, 0.6) is 0 Å². The van der Waals surface area contributed by atoms with Crippen molar-refractivity contribution in [3.63, 3.8) is 0 Å². The van der Waals surface area contributed by atoms with E-state index < -0.39 is 12.4 Å². The molecule has 0 radical (unpaired) electrons. The molecule has 5 nitrogen and oxygen atoms in total. The molecule has 0 aromatic heterocycles. The van der Waals surface area contributed by atoms with E-state index in [0.717, 1.165) is 11.1 Å². The van der Waals surface area contributed by atoms with E-state index in [1.807, 2.05) is 60.7 Å². The van der Waals surface area contributed by atoms with Gasteiger partial charge in [0.05, 0.1) is 0 Å². The predicted octanol–water partition coefficient (Wildman–Crippen LogP) is 5.53. The quantitative estimate of drug-likeness (QED) is 0.479. The zero-order chi connectivity index (χ0) is 22.3. The van der Waals surface area contributed by atoms with Gasteiger partial charge in [-0.3, -0.25) is 0 Å². The van der Waals surface area contributed by atoms with E-state index in [-0.39, 0.29) is 5.92 Å². The van der Waals surface area contributed by atoms with E-state index in [9.17, 15) is 4.79 Å². The van der Waals surface area contributed by atoms with Gasteiger partial charge in [-0.05, 0) is 27.8 Å². The van der Waals surface area contributed by atoms with Crippen LogP contribution in [0.25, 0.3) is 17.2 Å². The van der Waals surface area contributed by atoms with Crippen LogP contribution >= 0.6 is 0 Å². The van der Waals surface area contributed by atoms with E-state index in [4.69, 9.17) is 14.2 Å². The summed E-state index contributed by atoms with van der Waals surface area (Å²) in [5, 5.41) is 2.79. The highest BCUT2D eigenvalue weighted by atomic mass is 16.7. The molecule has 1 amide bonds. The molecular weight excluding hydrogens is 402 g/mol. The van der Waals surface area contributed by atoms with Crippen LogP contribution in [0.2, 0.25) is 0 Å². The van der Waals surface area contributed by atoms with Crippen molar-refractivity contribution in [2.45, 2.75) is 12.2 Å². The van der Waals surface area contributed by atoms with Crippen molar-refractivity contribution >= 4 is 12.2 Å². The Morgan fingerprint density at radius 1 is 0.906 bits per heavy atom. The number of benzene rings is 3. The molecular formula is C27H27NO4. The van der Waals surface area contributed by atoms with Gasteiger partial charge in [0.15, 0.2) is 6.29 Å². The first kappa shape index (κ1) is 21.8. The van der Waals surface area contributed by atoms with Crippen molar-refractivity contribution in [1.82, 2.24) is 5.32 Å². The van der Waals surface area contributed by atoms with Crippen LogP contribution in [0.15, 0.2) is 78.9 Å². The van der Waals surface area contributed by atoms with Crippen LogP contribution in [0, 0.1) is 0 Å². The molecule has 0 heterocycles. The molecule has 0 atom stereocenters. The van der Waals surface area contributed by atoms with Crippen LogP contribution in [0.4, 0.5) is 4.79 Å². The van der Waals surface area contributed by atoms with E-state index in [0.29, 0.717) is 13.2 Å². The van der Waals surface area contributed by atoms with Crippen LogP contribution in [-0.2, 0) is 14.2 Å². The number of carbonyl (C=O) groups excluding carboxylic acids is 1. The minimum atomic E-state index is -0.439. The summed E-state index contributed by atoms with van der Waals surface area (Å²) in [4.78, 5) is 12.3. The molecule has 0 fully saturated rings. The molecule has 5 heteroatoms. The second-order valence-electron chi connectivity index (χ2n) is 7.54. The summed E-state index contributed by atoms with van der Waals surface area (Å²) in [7, 11) is 3.21. The molecule has 1 N–H and O–H groups in total. The van der Waals surface area contributed by atoms with Gasteiger partial charge in [-0.1, -0.05) is 84.9 Å². The number of hydrogen-bond acceptors (Lipinski definition) is 4. The lowest BCUT2D eigenvalue weighted by Crippen LogP contribution is -2.26. The van der Waals surface area contributed by atoms with Gasteiger partial charge in [0.2, 0.25) is 0 Å². The molecule has 0 bridgehead atoms. The number of nitrogens with one attached hydrogen (secondary N) is 1. The highest BCUT2D eigenvalue weighted by molar-refractivity contribution is 5.79. The van der Waals surface area contributed by atoms with E-state index >= 15 is 0 Å². The van der Waals surface area contributed by atoms with Crippen LogP contribution in [-0.4, -0.2) is 33.5 Å². The zero-order valence-corrected chi connectivity index (χ0v) is 18.3. The zero-order valence-electron chi connectivity index (χ0n) is 18.3. The monoisotopic (exact) mass is 429 g/mol. The number of amides is 1.